The van der Waals surface area contributed by atoms with Crippen LogP contribution < -0.4 is 4.57 Å². The molecule has 3 heteroatoms. The van der Waals surface area contributed by atoms with Gasteiger partial charge in [-0.3, -0.25) is 0 Å². The van der Waals surface area contributed by atoms with E-state index in [9.17, 15) is 0 Å². The van der Waals surface area contributed by atoms with Crippen molar-refractivity contribution < 1.29 is 4.57 Å². The standard InChI is InChI=1S/C16H20ClN2/c1-2-3-10-18-12-15(19-11-4-5-16(18)19)13-6-8-14(17)9-7-13/h6-9,12H,2-5,10-11H2,1H3/q+1. The molecule has 0 saturated heterocycles. The molecule has 0 unspecified atom stereocenters. The molecule has 1 aliphatic heterocycles. The Kier molecular flexibility index (Phi) is 3.61. The molecule has 0 amide bonds. The van der Waals surface area contributed by atoms with E-state index in [0.717, 1.165) is 18.1 Å². The van der Waals surface area contributed by atoms with Crippen LogP contribution in [0.25, 0.3) is 11.3 Å². The van der Waals surface area contributed by atoms with Crippen LogP contribution >= 0.6 is 11.6 Å². The zero-order valence-electron chi connectivity index (χ0n) is 11.4. The van der Waals surface area contributed by atoms with Gasteiger partial charge in [-0.2, -0.15) is 0 Å². The van der Waals surface area contributed by atoms with Crippen LogP contribution in [0.15, 0.2) is 30.5 Å². The maximum Gasteiger partial charge on any atom is 0.257 e. The van der Waals surface area contributed by atoms with Gasteiger partial charge in [0, 0.05) is 10.6 Å². The number of benzene rings is 1. The third kappa shape index (κ3) is 2.42. The van der Waals surface area contributed by atoms with Gasteiger partial charge in [0.2, 0.25) is 0 Å². The smallest absolute Gasteiger partial charge is 0.234 e. The molecule has 2 aromatic rings. The van der Waals surface area contributed by atoms with Crippen LogP contribution in [0.5, 0.6) is 0 Å². The summed E-state index contributed by atoms with van der Waals surface area (Å²) < 4.78 is 4.92. The molecular formula is C16H20ClN2+. The summed E-state index contributed by atoms with van der Waals surface area (Å²) in [6, 6.07) is 8.19. The van der Waals surface area contributed by atoms with Crippen LogP contribution in [-0.4, -0.2) is 4.57 Å². The van der Waals surface area contributed by atoms with Crippen molar-refractivity contribution in [3.05, 3.63) is 41.3 Å². The lowest BCUT2D eigenvalue weighted by molar-refractivity contribution is -0.703. The number of fused-ring (bicyclic) bond motifs is 1. The Hall–Kier alpha value is -1.28. The van der Waals surface area contributed by atoms with Crippen molar-refractivity contribution in [2.75, 3.05) is 0 Å². The second kappa shape index (κ2) is 5.38. The van der Waals surface area contributed by atoms with Crippen LogP contribution in [0.3, 0.4) is 0 Å². The first-order valence-electron chi connectivity index (χ1n) is 7.17. The van der Waals surface area contributed by atoms with E-state index in [2.05, 4.69) is 34.4 Å². The molecule has 2 heterocycles. The molecule has 0 radical (unpaired) electrons. The monoisotopic (exact) mass is 275 g/mol. The number of aromatic nitrogens is 2. The van der Waals surface area contributed by atoms with Crippen LogP contribution in [0.4, 0.5) is 0 Å². The molecule has 0 spiro atoms. The van der Waals surface area contributed by atoms with Gasteiger partial charge in [0.25, 0.3) is 5.82 Å². The summed E-state index contributed by atoms with van der Waals surface area (Å²) in [5, 5.41) is 0.802. The van der Waals surface area contributed by atoms with Crippen LogP contribution in [-0.2, 0) is 19.5 Å². The van der Waals surface area contributed by atoms with Gasteiger partial charge in [0.05, 0.1) is 19.5 Å². The molecular weight excluding hydrogens is 256 g/mol. The van der Waals surface area contributed by atoms with Gasteiger partial charge in [-0.25, -0.2) is 9.13 Å². The van der Waals surface area contributed by atoms with E-state index in [1.165, 1.54) is 42.8 Å². The molecule has 0 N–H and O–H groups in total. The van der Waals surface area contributed by atoms with Gasteiger partial charge in [0.15, 0.2) is 5.69 Å². The summed E-state index contributed by atoms with van der Waals surface area (Å²) in [6.07, 6.45) is 7.28. The molecule has 1 aromatic heterocycles. The highest BCUT2D eigenvalue weighted by Crippen LogP contribution is 2.25. The molecule has 0 aliphatic carbocycles. The van der Waals surface area contributed by atoms with E-state index in [0.29, 0.717) is 0 Å². The van der Waals surface area contributed by atoms with Gasteiger partial charge in [-0.1, -0.05) is 24.9 Å². The fourth-order valence-electron chi connectivity index (χ4n) is 2.88. The van der Waals surface area contributed by atoms with Crippen LogP contribution in [0, 0.1) is 0 Å². The summed E-state index contributed by atoms with van der Waals surface area (Å²) in [5.74, 6) is 1.48. The summed E-state index contributed by atoms with van der Waals surface area (Å²) in [5.41, 5.74) is 2.60. The Morgan fingerprint density at radius 3 is 2.79 bits per heavy atom. The average molecular weight is 276 g/mol. The van der Waals surface area contributed by atoms with Crippen molar-refractivity contribution in [2.24, 2.45) is 0 Å². The lowest BCUT2D eigenvalue weighted by atomic mass is 10.1. The van der Waals surface area contributed by atoms with Gasteiger partial charge >= 0.3 is 0 Å². The van der Waals surface area contributed by atoms with Crippen LogP contribution in [0.2, 0.25) is 5.02 Å². The minimum atomic E-state index is 0.802. The van der Waals surface area contributed by atoms with E-state index in [-0.39, 0.29) is 0 Å². The highest BCUT2D eigenvalue weighted by molar-refractivity contribution is 6.30. The zero-order chi connectivity index (χ0) is 13.2. The van der Waals surface area contributed by atoms with E-state index in [1.807, 2.05) is 12.1 Å². The molecule has 1 aromatic carbocycles. The third-order valence-corrected chi connectivity index (χ3v) is 4.14. The summed E-state index contributed by atoms with van der Waals surface area (Å²) in [6.45, 7) is 4.53. The Balaban J connectivity index is 1.99. The number of unbranched alkanes of at least 4 members (excludes halogenated alkanes) is 1. The number of imidazole rings is 1. The first kappa shape index (κ1) is 12.7. The Morgan fingerprint density at radius 2 is 2.05 bits per heavy atom. The molecule has 3 rings (SSSR count). The quantitative estimate of drug-likeness (QED) is 0.750. The van der Waals surface area contributed by atoms with Crippen molar-refractivity contribution in [3.8, 4) is 11.3 Å². The second-order valence-electron chi connectivity index (χ2n) is 5.24. The molecule has 0 saturated carbocycles. The summed E-state index contributed by atoms with van der Waals surface area (Å²) in [7, 11) is 0. The molecule has 0 bridgehead atoms. The van der Waals surface area contributed by atoms with Gasteiger partial charge in [-0.15, -0.1) is 0 Å². The Labute approximate surface area is 119 Å². The van der Waals surface area contributed by atoms with Crippen molar-refractivity contribution >= 4 is 11.6 Å². The van der Waals surface area contributed by atoms with Crippen molar-refractivity contribution in [1.82, 2.24) is 4.57 Å². The number of rotatable bonds is 4. The number of hydrogen-bond donors (Lipinski definition) is 0. The van der Waals surface area contributed by atoms with E-state index in [4.69, 9.17) is 11.6 Å². The molecule has 0 fully saturated rings. The van der Waals surface area contributed by atoms with E-state index < -0.39 is 0 Å². The van der Waals surface area contributed by atoms with Gasteiger partial charge in [-0.05, 0) is 37.1 Å². The van der Waals surface area contributed by atoms with Crippen molar-refractivity contribution in [2.45, 2.75) is 45.7 Å². The summed E-state index contributed by atoms with van der Waals surface area (Å²) in [4.78, 5) is 0. The SMILES string of the molecule is CCCC[n+]1cc(-c2ccc(Cl)cc2)n2c1CCC2. The largest absolute Gasteiger partial charge is 0.257 e. The second-order valence-corrected chi connectivity index (χ2v) is 5.68. The van der Waals surface area contributed by atoms with Gasteiger partial charge < -0.3 is 0 Å². The van der Waals surface area contributed by atoms with Crippen LogP contribution in [0.1, 0.15) is 32.0 Å². The van der Waals surface area contributed by atoms with E-state index >= 15 is 0 Å². The Bertz CT molecular complexity index is 569. The minimum Gasteiger partial charge on any atom is -0.234 e. The third-order valence-electron chi connectivity index (χ3n) is 3.89. The maximum absolute atomic E-state index is 5.98. The fraction of sp³-hybridized carbons (Fsp3) is 0.438. The van der Waals surface area contributed by atoms with Crippen molar-refractivity contribution in [1.29, 1.82) is 0 Å². The minimum absolute atomic E-state index is 0.802. The number of hydrogen-bond acceptors (Lipinski definition) is 0. The molecule has 100 valence electrons. The lowest BCUT2D eigenvalue weighted by Gasteiger charge is -1.98. The van der Waals surface area contributed by atoms with Gasteiger partial charge in [0.1, 0.15) is 6.20 Å². The highest BCUT2D eigenvalue weighted by atomic mass is 35.5. The predicted molar refractivity (Wildman–Crippen MR) is 78.3 cm³/mol. The molecule has 0 atom stereocenters. The first-order chi connectivity index (χ1) is 9.29. The zero-order valence-corrected chi connectivity index (χ0v) is 12.2. The predicted octanol–water partition coefficient (Wildman–Crippen LogP) is 3.84. The maximum atomic E-state index is 5.98. The normalized spacial score (nSPS) is 13.8. The topological polar surface area (TPSA) is 8.81 Å². The first-order valence-corrected chi connectivity index (χ1v) is 7.55. The highest BCUT2D eigenvalue weighted by Gasteiger charge is 2.28. The number of nitrogens with zero attached hydrogens (tertiary/aromatic N) is 2. The van der Waals surface area contributed by atoms with Crippen molar-refractivity contribution in [3.63, 3.8) is 0 Å². The number of aryl methyl sites for hydroxylation is 1. The average Bonchev–Trinajstić information content (AvgIpc) is 3.00. The lowest BCUT2D eigenvalue weighted by Crippen LogP contribution is -2.35. The molecule has 19 heavy (non-hydrogen) atoms. The molecule has 2 nitrogen and oxygen atoms in total. The Morgan fingerprint density at radius 1 is 1.26 bits per heavy atom. The summed E-state index contributed by atoms with van der Waals surface area (Å²) >= 11 is 5.98. The molecule has 1 aliphatic rings. The number of halogens is 1. The fourth-order valence-corrected chi connectivity index (χ4v) is 3.01. The van der Waals surface area contributed by atoms with E-state index in [1.54, 1.807) is 0 Å².